The van der Waals surface area contributed by atoms with Crippen LogP contribution < -0.4 is 5.32 Å². The predicted octanol–water partition coefficient (Wildman–Crippen LogP) is 4.60. The Morgan fingerprint density at radius 3 is 2.79 bits per heavy atom. The largest absolute Gasteiger partial charge is 0.378 e. The van der Waals surface area contributed by atoms with Crippen LogP contribution in [-0.2, 0) is 4.74 Å². The van der Waals surface area contributed by atoms with Gasteiger partial charge in [-0.05, 0) is 49.9 Å². The van der Waals surface area contributed by atoms with Gasteiger partial charge in [0.25, 0.3) is 0 Å². The molecule has 2 unspecified atom stereocenters. The van der Waals surface area contributed by atoms with Crippen LogP contribution in [0, 0.1) is 0 Å². The van der Waals surface area contributed by atoms with Crippen molar-refractivity contribution in [1.29, 1.82) is 0 Å². The summed E-state index contributed by atoms with van der Waals surface area (Å²) < 4.78 is 5.83. The Labute approximate surface area is 125 Å². The number of rotatable bonds is 5. The highest BCUT2D eigenvalue weighted by atomic mass is 35.5. The third-order valence-corrected chi connectivity index (χ3v) is 4.31. The molecular weight excluding hydrogens is 281 g/mol. The van der Waals surface area contributed by atoms with Crippen LogP contribution in [0.25, 0.3) is 0 Å². The molecule has 2 rings (SSSR count). The maximum absolute atomic E-state index is 6.11. The molecule has 0 aromatic heterocycles. The van der Waals surface area contributed by atoms with E-state index in [4.69, 9.17) is 27.9 Å². The van der Waals surface area contributed by atoms with Crippen LogP contribution in [0.15, 0.2) is 18.2 Å². The second-order valence-corrected chi connectivity index (χ2v) is 5.82. The van der Waals surface area contributed by atoms with Crippen molar-refractivity contribution in [2.24, 2.45) is 0 Å². The zero-order valence-electron chi connectivity index (χ0n) is 11.3. The van der Waals surface area contributed by atoms with Crippen molar-refractivity contribution in [3.8, 4) is 0 Å². The van der Waals surface area contributed by atoms with E-state index in [0.717, 1.165) is 26.0 Å². The maximum Gasteiger partial charge on any atom is 0.0595 e. The van der Waals surface area contributed by atoms with Crippen LogP contribution in [0.1, 0.15) is 44.2 Å². The minimum atomic E-state index is 0.280. The molecule has 1 saturated heterocycles. The molecule has 106 valence electrons. The fourth-order valence-corrected chi connectivity index (χ4v) is 2.88. The molecule has 1 aliphatic rings. The average molecular weight is 302 g/mol. The lowest BCUT2D eigenvalue weighted by molar-refractivity contribution is 0.00514. The molecule has 19 heavy (non-hydrogen) atoms. The first-order chi connectivity index (χ1) is 9.20. The molecule has 4 heteroatoms. The van der Waals surface area contributed by atoms with Crippen LogP contribution >= 0.6 is 23.2 Å². The van der Waals surface area contributed by atoms with Crippen LogP contribution in [0.4, 0.5) is 0 Å². The van der Waals surface area contributed by atoms with Gasteiger partial charge in [-0.3, -0.25) is 0 Å². The van der Waals surface area contributed by atoms with E-state index in [2.05, 4.69) is 12.2 Å². The van der Waals surface area contributed by atoms with Crippen molar-refractivity contribution < 1.29 is 4.74 Å². The van der Waals surface area contributed by atoms with Crippen molar-refractivity contribution in [2.75, 3.05) is 13.2 Å². The molecule has 0 saturated carbocycles. The van der Waals surface area contributed by atoms with Crippen LogP contribution in [-0.4, -0.2) is 19.3 Å². The van der Waals surface area contributed by atoms with E-state index >= 15 is 0 Å². The lowest BCUT2D eigenvalue weighted by Crippen LogP contribution is -2.28. The summed E-state index contributed by atoms with van der Waals surface area (Å²) >= 11 is 12.1. The molecule has 0 radical (unpaired) electrons. The summed E-state index contributed by atoms with van der Waals surface area (Å²) in [5.41, 5.74) is 1.19. The Bertz CT molecular complexity index is 405. The second-order valence-electron chi connectivity index (χ2n) is 5.01. The molecular formula is C15H21Cl2NO. The van der Waals surface area contributed by atoms with Crippen molar-refractivity contribution in [1.82, 2.24) is 5.32 Å². The fraction of sp³-hybridized carbons (Fsp3) is 0.600. The van der Waals surface area contributed by atoms with Gasteiger partial charge in [0.2, 0.25) is 0 Å². The third-order valence-electron chi connectivity index (χ3n) is 3.57. The molecule has 1 aliphatic heterocycles. The summed E-state index contributed by atoms with van der Waals surface area (Å²) in [5, 5.41) is 4.73. The van der Waals surface area contributed by atoms with Gasteiger partial charge in [0.05, 0.1) is 16.1 Å². The Hall–Kier alpha value is -0.280. The molecule has 0 amide bonds. The maximum atomic E-state index is 6.11. The first kappa shape index (κ1) is 15.1. The van der Waals surface area contributed by atoms with Gasteiger partial charge in [-0.25, -0.2) is 0 Å². The molecule has 2 nitrogen and oxygen atoms in total. The molecule has 1 aromatic rings. The summed E-state index contributed by atoms with van der Waals surface area (Å²) in [4.78, 5) is 0. The Morgan fingerprint density at radius 2 is 2.16 bits per heavy atom. The zero-order chi connectivity index (χ0) is 13.7. The fourth-order valence-electron chi connectivity index (χ4n) is 2.57. The average Bonchev–Trinajstić information content (AvgIpc) is 2.43. The number of hydrogen-bond acceptors (Lipinski definition) is 2. The van der Waals surface area contributed by atoms with Crippen molar-refractivity contribution in [2.45, 2.75) is 44.8 Å². The highest BCUT2D eigenvalue weighted by Gasteiger charge is 2.20. The molecule has 0 aliphatic carbocycles. The molecule has 1 fully saturated rings. The normalized spacial score (nSPS) is 21.3. The molecule has 2 atom stereocenters. The SMILES string of the molecule is CCNC(CC1CCCCO1)c1ccc(Cl)c(Cl)c1. The van der Waals surface area contributed by atoms with Gasteiger partial charge < -0.3 is 10.1 Å². The smallest absolute Gasteiger partial charge is 0.0595 e. The van der Waals surface area contributed by atoms with Gasteiger partial charge in [-0.15, -0.1) is 0 Å². The van der Waals surface area contributed by atoms with E-state index < -0.39 is 0 Å². The van der Waals surface area contributed by atoms with Crippen molar-refractivity contribution >= 4 is 23.2 Å². The third kappa shape index (κ3) is 4.35. The van der Waals surface area contributed by atoms with E-state index in [-0.39, 0.29) is 6.04 Å². The lowest BCUT2D eigenvalue weighted by Gasteiger charge is -2.28. The Morgan fingerprint density at radius 1 is 1.32 bits per heavy atom. The molecule has 0 spiro atoms. The number of benzene rings is 1. The minimum absolute atomic E-state index is 0.280. The van der Waals surface area contributed by atoms with E-state index in [1.807, 2.05) is 18.2 Å². The summed E-state index contributed by atoms with van der Waals surface area (Å²) in [6, 6.07) is 6.15. The van der Waals surface area contributed by atoms with E-state index in [9.17, 15) is 0 Å². The first-order valence-corrected chi connectivity index (χ1v) is 7.76. The minimum Gasteiger partial charge on any atom is -0.378 e. The van der Waals surface area contributed by atoms with Gasteiger partial charge >= 0.3 is 0 Å². The van der Waals surface area contributed by atoms with Crippen LogP contribution in [0.2, 0.25) is 10.0 Å². The first-order valence-electron chi connectivity index (χ1n) is 7.00. The van der Waals surface area contributed by atoms with Crippen molar-refractivity contribution in [3.05, 3.63) is 33.8 Å². The van der Waals surface area contributed by atoms with Crippen LogP contribution in [0.5, 0.6) is 0 Å². The van der Waals surface area contributed by atoms with Crippen LogP contribution in [0.3, 0.4) is 0 Å². The van der Waals surface area contributed by atoms with E-state index in [0.29, 0.717) is 16.1 Å². The summed E-state index contributed by atoms with van der Waals surface area (Å²) in [6.07, 6.45) is 4.96. The highest BCUT2D eigenvalue weighted by Crippen LogP contribution is 2.29. The van der Waals surface area contributed by atoms with E-state index in [1.54, 1.807) is 0 Å². The van der Waals surface area contributed by atoms with Gasteiger partial charge in [-0.2, -0.15) is 0 Å². The number of hydrogen-bond donors (Lipinski definition) is 1. The van der Waals surface area contributed by atoms with Gasteiger partial charge in [0.15, 0.2) is 0 Å². The standard InChI is InChI=1S/C15H21Cl2NO/c1-2-18-15(10-12-5-3-4-8-19-12)11-6-7-13(16)14(17)9-11/h6-7,9,12,15,18H,2-5,8,10H2,1H3. The quantitative estimate of drug-likeness (QED) is 0.858. The summed E-state index contributed by atoms with van der Waals surface area (Å²) in [5.74, 6) is 0. The Balaban J connectivity index is 2.07. The van der Waals surface area contributed by atoms with E-state index in [1.165, 1.54) is 18.4 Å². The number of ether oxygens (including phenoxy) is 1. The lowest BCUT2D eigenvalue weighted by atomic mass is 9.96. The Kier molecular flexibility index (Phi) is 5.96. The summed E-state index contributed by atoms with van der Waals surface area (Å²) in [7, 11) is 0. The van der Waals surface area contributed by atoms with Crippen molar-refractivity contribution in [3.63, 3.8) is 0 Å². The van der Waals surface area contributed by atoms with Gasteiger partial charge in [0, 0.05) is 12.6 Å². The van der Waals surface area contributed by atoms with Gasteiger partial charge in [-0.1, -0.05) is 36.2 Å². The second kappa shape index (κ2) is 7.49. The monoisotopic (exact) mass is 301 g/mol. The topological polar surface area (TPSA) is 21.3 Å². The number of halogens is 2. The molecule has 1 aromatic carbocycles. The molecule has 1 N–H and O–H groups in total. The predicted molar refractivity (Wildman–Crippen MR) is 81.1 cm³/mol. The summed E-state index contributed by atoms with van der Waals surface area (Å²) in [6.45, 7) is 3.94. The highest BCUT2D eigenvalue weighted by molar-refractivity contribution is 6.42. The molecule has 0 bridgehead atoms. The zero-order valence-corrected chi connectivity index (χ0v) is 12.8. The van der Waals surface area contributed by atoms with Gasteiger partial charge in [0.1, 0.15) is 0 Å². The molecule has 1 heterocycles. The number of nitrogens with one attached hydrogen (secondary N) is 1.